The Hall–Kier alpha value is -2.08. The zero-order valence-corrected chi connectivity index (χ0v) is 12.5. The topological polar surface area (TPSA) is 71.5 Å². The van der Waals surface area contributed by atoms with E-state index in [1.807, 2.05) is 0 Å². The lowest BCUT2D eigenvalue weighted by Crippen LogP contribution is -2.01. The van der Waals surface area contributed by atoms with Gasteiger partial charge in [0.25, 0.3) is 0 Å². The van der Waals surface area contributed by atoms with Crippen molar-refractivity contribution in [3.63, 3.8) is 0 Å². The number of aromatic nitrogens is 2. The van der Waals surface area contributed by atoms with Gasteiger partial charge in [-0.1, -0.05) is 11.6 Å². The molecule has 2 rings (SSSR count). The van der Waals surface area contributed by atoms with Crippen molar-refractivity contribution < 1.29 is 14.2 Å². The molecule has 1 aromatic carbocycles. The molecule has 1 heterocycles. The molecule has 0 saturated carbocycles. The molecule has 7 heteroatoms. The number of benzene rings is 1. The maximum atomic E-state index is 6.33. The second-order valence-corrected chi connectivity index (χ2v) is 4.48. The van der Waals surface area contributed by atoms with Crippen molar-refractivity contribution in [2.45, 2.75) is 0 Å². The van der Waals surface area contributed by atoms with Gasteiger partial charge in [0.05, 0.1) is 38.1 Å². The number of nitrogens with two attached hydrogens (primary N) is 1. The van der Waals surface area contributed by atoms with Crippen molar-refractivity contribution >= 4 is 17.4 Å². The van der Waals surface area contributed by atoms with Crippen molar-refractivity contribution in [3.8, 4) is 28.4 Å². The van der Waals surface area contributed by atoms with Crippen molar-refractivity contribution in [2.75, 3.05) is 27.1 Å². The molecule has 0 atom stereocenters. The molecule has 2 N–H and O–H groups in total. The van der Waals surface area contributed by atoms with Crippen molar-refractivity contribution in [2.24, 2.45) is 7.05 Å². The smallest absolute Gasteiger partial charge is 0.204 e. The average Bonchev–Trinajstić information content (AvgIpc) is 2.77. The van der Waals surface area contributed by atoms with E-state index in [4.69, 9.17) is 31.5 Å². The number of ether oxygens (including phenoxy) is 3. The molecule has 0 saturated heterocycles. The minimum Gasteiger partial charge on any atom is -0.493 e. The van der Waals surface area contributed by atoms with Crippen LogP contribution in [0.5, 0.6) is 17.2 Å². The minimum absolute atomic E-state index is 0.444. The van der Waals surface area contributed by atoms with Gasteiger partial charge in [-0.3, -0.25) is 4.68 Å². The molecular formula is C13H16ClN3O3. The molecule has 0 radical (unpaired) electrons. The lowest BCUT2D eigenvalue weighted by Gasteiger charge is -2.17. The third kappa shape index (κ3) is 2.12. The molecular weight excluding hydrogens is 282 g/mol. The molecule has 0 amide bonds. The first-order valence-corrected chi connectivity index (χ1v) is 6.19. The quantitative estimate of drug-likeness (QED) is 0.938. The van der Waals surface area contributed by atoms with Crippen LogP contribution < -0.4 is 19.9 Å². The number of nitrogen functional groups attached to an aromatic ring is 1. The van der Waals surface area contributed by atoms with Crippen LogP contribution in [-0.4, -0.2) is 31.1 Å². The molecule has 20 heavy (non-hydrogen) atoms. The first kappa shape index (κ1) is 14.3. The van der Waals surface area contributed by atoms with E-state index in [1.165, 1.54) is 21.3 Å². The lowest BCUT2D eigenvalue weighted by molar-refractivity contribution is 0.325. The summed E-state index contributed by atoms with van der Waals surface area (Å²) in [5.41, 5.74) is 7.30. The molecule has 0 aliphatic heterocycles. The fourth-order valence-corrected chi connectivity index (χ4v) is 2.30. The summed E-state index contributed by atoms with van der Waals surface area (Å²) in [7, 11) is 6.35. The maximum Gasteiger partial charge on any atom is 0.204 e. The number of rotatable bonds is 4. The largest absolute Gasteiger partial charge is 0.493 e. The number of anilines is 1. The summed E-state index contributed by atoms with van der Waals surface area (Å²) in [6.45, 7) is 0. The molecule has 0 aliphatic carbocycles. The van der Waals surface area contributed by atoms with Crippen LogP contribution in [0.25, 0.3) is 11.1 Å². The molecule has 0 fully saturated rings. The summed E-state index contributed by atoms with van der Waals surface area (Å²) in [6, 6.07) is 1.66. The Bertz CT molecular complexity index is 640. The van der Waals surface area contributed by atoms with Gasteiger partial charge < -0.3 is 19.9 Å². The van der Waals surface area contributed by atoms with E-state index in [0.717, 1.165) is 0 Å². The normalized spacial score (nSPS) is 10.4. The number of aryl methyl sites for hydroxylation is 1. The number of halogens is 1. The summed E-state index contributed by atoms with van der Waals surface area (Å²) in [5, 5.41) is 4.56. The second-order valence-electron chi connectivity index (χ2n) is 4.07. The van der Waals surface area contributed by atoms with E-state index in [9.17, 15) is 0 Å². The van der Waals surface area contributed by atoms with E-state index in [1.54, 1.807) is 24.0 Å². The van der Waals surface area contributed by atoms with Gasteiger partial charge >= 0.3 is 0 Å². The number of hydrogen-bond acceptors (Lipinski definition) is 5. The Morgan fingerprint density at radius 2 is 1.80 bits per heavy atom. The summed E-state index contributed by atoms with van der Waals surface area (Å²) in [6.07, 6.45) is 1.63. The molecule has 2 aromatic rings. The third-order valence-electron chi connectivity index (χ3n) is 3.04. The molecule has 1 aromatic heterocycles. The molecule has 0 spiro atoms. The van der Waals surface area contributed by atoms with Crippen LogP contribution in [0.1, 0.15) is 0 Å². The predicted molar refractivity (Wildman–Crippen MR) is 77.7 cm³/mol. The van der Waals surface area contributed by atoms with E-state index in [-0.39, 0.29) is 0 Å². The zero-order chi connectivity index (χ0) is 14.9. The maximum absolute atomic E-state index is 6.33. The van der Waals surface area contributed by atoms with Crippen molar-refractivity contribution in [1.29, 1.82) is 0 Å². The monoisotopic (exact) mass is 297 g/mol. The van der Waals surface area contributed by atoms with Gasteiger partial charge in [-0.05, 0) is 0 Å². The second kappa shape index (κ2) is 5.50. The van der Waals surface area contributed by atoms with E-state index in [0.29, 0.717) is 39.2 Å². The van der Waals surface area contributed by atoms with Gasteiger partial charge in [0.15, 0.2) is 11.5 Å². The summed E-state index contributed by atoms with van der Waals surface area (Å²) >= 11 is 6.33. The average molecular weight is 298 g/mol. The Morgan fingerprint density at radius 3 is 2.25 bits per heavy atom. The first-order valence-electron chi connectivity index (χ1n) is 5.81. The number of hydrogen-bond donors (Lipinski definition) is 1. The van der Waals surface area contributed by atoms with E-state index < -0.39 is 0 Å². The summed E-state index contributed by atoms with van der Waals surface area (Å²) < 4.78 is 17.6. The highest BCUT2D eigenvalue weighted by Gasteiger charge is 2.23. The van der Waals surface area contributed by atoms with E-state index in [2.05, 4.69) is 5.10 Å². The van der Waals surface area contributed by atoms with Gasteiger partial charge in [0, 0.05) is 18.7 Å². The third-order valence-corrected chi connectivity index (χ3v) is 3.33. The zero-order valence-electron chi connectivity index (χ0n) is 11.7. The predicted octanol–water partition coefficient (Wildman–Crippen LogP) is 2.35. The van der Waals surface area contributed by atoms with Gasteiger partial charge in [0.2, 0.25) is 5.75 Å². The van der Waals surface area contributed by atoms with Crippen molar-refractivity contribution in [3.05, 3.63) is 17.3 Å². The molecule has 0 aliphatic rings. The molecule has 6 nitrogen and oxygen atoms in total. The minimum atomic E-state index is 0.444. The first-order chi connectivity index (χ1) is 9.54. The van der Waals surface area contributed by atoms with Crippen LogP contribution in [0.3, 0.4) is 0 Å². The number of methoxy groups -OCH3 is 3. The van der Waals surface area contributed by atoms with Gasteiger partial charge in [0.1, 0.15) is 5.82 Å². The number of nitrogens with zero attached hydrogens (tertiary/aromatic N) is 2. The fourth-order valence-electron chi connectivity index (χ4n) is 2.02. The van der Waals surface area contributed by atoms with Gasteiger partial charge in [-0.25, -0.2) is 0 Å². The summed E-state index contributed by atoms with van der Waals surface area (Å²) in [4.78, 5) is 0. The Balaban J connectivity index is 2.79. The van der Waals surface area contributed by atoms with Crippen LogP contribution >= 0.6 is 11.6 Å². The molecule has 0 unspecified atom stereocenters. The van der Waals surface area contributed by atoms with Crippen molar-refractivity contribution in [1.82, 2.24) is 9.78 Å². The Labute approximate surface area is 122 Å². The van der Waals surface area contributed by atoms with Crippen LogP contribution in [-0.2, 0) is 7.05 Å². The van der Waals surface area contributed by atoms with Gasteiger partial charge in [-0.2, -0.15) is 5.10 Å². The molecule has 0 bridgehead atoms. The highest BCUT2D eigenvalue weighted by atomic mass is 35.5. The van der Waals surface area contributed by atoms with Gasteiger partial charge in [-0.15, -0.1) is 0 Å². The highest BCUT2D eigenvalue weighted by Crippen LogP contribution is 2.49. The highest BCUT2D eigenvalue weighted by molar-refractivity contribution is 6.34. The lowest BCUT2D eigenvalue weighted by atomic mass is 10.1. The van der Waals surface area contributed by atoms with E-state index >= 15 is 0 Å². The SMILES string of the molecule is COc1cc(Cl)c(-c2cnn(C)c2N)c(OC)c1OC. The standard InChI is InChI=1S/C13H16ClN3O3/c1-17-13(15)7(6-16-17)10-8(14)5-9(18-2)11(19-3)12(10)20-4/h5-6H,15H2,1-4H3. The Morgan fingerprint density at radius 1 is 1.15 bits per heavy atom. The summed E-state index contributed by atoms with van der Waals surface area (Å²) in [5.74, 6) is 1.88. The van der Waals surface area contributed by atoms with Crippen LogP contribution in [0, 0.1) is 0 Å². The molecule has 108 valence electrons. The van der Waals surface area contributed by atoms with Crippen LogP contribution in [0.2, 0.25) is 5.02 Å². The van der Waals surface area contributed by atoms with Crippen LogP contribution in [0.4, 0.5) is 5.82 Å². The van der Waals surface area contributed by atoms with Crippen LogP contribution in [0.15, 0.2) is 12.3 Å². The Kier molecular flexibility index (Phi) is 3.94. The fraction of sp³-hybridized carbons (Fsp3) is 0.308.